The molecule has 0 aromatic heterocycles. The average molecular weight is 320 g/mol. The Kier molecular flexibility index (Phi) is 6.57. The molecule has 1 aliphatic heterocycles. The molecule has 1 saturated heterocycles. The molecule has 0 aliphatic carbocycles. The molecule has 1 aromatic rings. The number of nitrogens with one attached hydrogen (secondary N) is 1. The number of carbonyl (C=O) groups is 1. The van der Waals surface area contributed by atoms with E-state index in [1.165, 1.54) is 16.7 Å². The Morgan fingerprint density at radius 2 is 2.22 bits per heavy atom. The van der Waals surface area contributed by atoms with E-state index in [9.17, 15) is 4.79 Å². The van der Waals surface area contributed by atoms with E-state index in [1.807, 2.05) is 11.8 Å². The van der Waals surface area contributed by atoms with Crippen LogP contribution in [0.4, 0.5) is 0 Å². The van der Waals surface area contributed by atoms with Gasteiger partial charge in [0.15, 0.2) is 0 Å². The summed E-state index contributed by atoms with van der Waals surface area (Å²) in [6.07, 6.45) is -0.0472. The van der Waals surface area contributed by atoms with E-state index in [2.05, 4.69) is 37.4 Å². The number of benzene rings is 1. The van der Waals surface area contributed by atoms with Gasteiger partial charge in [-0.05, 0) is 31.9 Å². The van der Waals surface area contributed by atoms with Crippen LogP contribution in [0.2, 0.25) is 0 Å². The van der Waals surface area contributed by atoms with Crippen LogP contribution in [0, 0.1) is 13.8 Å². The SMILES string of the molecule is COCCNCC(=O)N1CC(c2cc(C)ccc2C)OCC1C. The number of aryl methyl sites for hydroxylation is 2. The minimum absolute atomic E-state index is 0.0472. The Morgan fingerprint density at radius 3 is 2.96 bits per heavy atom. The van der Waals surface area contributed by atoms with Gasteiger partial charge in [-0.2, -0.15) is 0 Å². The zero-order valence-corrected chi connectivity index (χ0v) is 14.6. The van der Waals surface area contributed by atoms with Gasteiger partial charge >= 0.3 is 0 Å². The number of hydrogen-bond donors (Lipinski definition) is 1. The smallest absolute Gasteiger partial charge is 0.236 e. The fourth-order valence-corrected chi connectivity index (χ4v) is 2.87. The van der Waals surface area contributed by atoms with E-state index < -0.39 is 0 Å². The Morgan fingerprint density at radius 1 is 1.43 bits per heavy atom. The number of ether oxygens (including phenoxy) is 2. The van der Waals surface area contributed by atoms with Gasteiger partial charge in [-0.15, -0.1) is 0 Å². The first kappa shape index (κ1) is 17.9. The highest BCUT2D eigenvalue weighted by Gasteiger charge is 2.30. The topological polar surface area (TPSA) is 50.8 Å². The summed E-state index contributed by atoms with van der Waals surface area (Å²) in [5.41, 5.74) is 3.61. The maximum absolute atomic E-state index is 12.5. The number of nitrogens with zero attached hydrogens (tertiary/aromatic N) is 1. The van der Waals surface area contributed by atoms with Gasteiger partial charge in [0.1, 0.15) is 6.10 Å². The summed E-state index contributed by atoms with van der Waals surface area (Å²) in [5.74, 6) is 0.118. The normalized spacial score (nSPS) is 21.5. The number of morpholine rings is 1. The zero-order valence-electron chi connectivity index (χ0n) is 14.6. The number of rotatable bonds is 6. The third-order valence-corrected chi connectivity index (χ3v) is 4.29. The molecule has 0 saturated carbocycles. The summed E-state index contributed by atoms with van der Waals surface area (Å²) < 4.78 is 11.0. The first-order chi connectivity index (χ1) is 11.0. The summed E-state index contributed by atoms with van der Waals surface area (Å²) >= 11 is 0. The van der Waals surface area contributed by atoms with Crippen LogP contribution in [0.5, 0.6) is 0 Å². The van der Waals surface area contributed by atoms with Gasteiger partial charge in [-0.1, -0.05) is 23.8 Å². The van der Waals surface area contributed by atoms with E-state index in [1.54, 1.807) is 7.11 Å². The van der Waals surface area contributed by atoms with Crippen molar-refractivity contribution in [3.8, 4) is 0 Å². The molecule has 1 fully saturated rings. The second-order valence-electron chi connectivity index (χ2n) is 6.25. The molecule has 5 heteroatoms. The maximum atomic E-state index is 12.5. The van der Waals surface area contributed by atoms with Crippen LogP contribution in [0.25, 0.3) is 0 Å². The van der Waals surface area contributed by atoms with Crippen LogP contribution >= 0.6 is 0 Å². The van der Waals surface area contributed by atoms with Gasteiger partial charge in [0.05, 0.1) is 32.3 Å². The van der Waals surface area contributed by atoms with Gasteiger partial charge < -0.3 is 19.7 Å². The summed E-state index contributed by atoms with van der Waals surface area (Å²) in [6.45, 7) is 9.02. The van der Waals surface area contributed by atoms with Crippen molar-refractivity contribution >= 4 is 5.91 Å². The third-order valence-electron chi connectivity index (χ3n) is 4.29. The predicted octanol–water partition coefficient (Wildman–Crippen LogP) is 1.83. The molecular weight excluding hydrogens is 292 g/mol. The molecule has 0 spiro atoms. The van der Waals surface area contributed by atoms with Crippen molar-refractivity contribution < 1.29 is 14.3 Å². The van der Waals surface area contributed by atoms with E-state index in [0.717, 1.165) is 0 Å². The Balaban J connectivity index is 2.01. The number of hydrogen-bond acceptors (Lipinski definition) is 4. The minimum Gasteiger partial charge on any atom is -0.383 e. The van der Waals surface area contributed by atoms with E-state index in [0.29, 0.717) is 32.8 Å². The molecular formula is C18H28N2O3. The van der Waals surface area contributed by atoms with Crippen molar-refractivity contribution in [3.05, 3.63) is 34.9 Å². The molecule has 1 aliphatic rings. The minimum atomic E-state index is -0.0472. The second-order valence-corrected chi connectivity index (χ2v) is 6.25. The standard InChI is InChI=1S/C18H28N2O3/c1-13-5-6-14(2)16(9-13)17-11-20(15(3)12-23-17)18(21)10-19-7-8-22-4/h5-6,9,15,17,19H,7-8,10-12H2,1-4H3. The lowest BCUT2D eigenvalue weighted by Gasteiger charge is -2.38. The molecule has 1 heterocycles. The number of methoxy groups -OCH3 is 1. The Bertz CT molecular complexity index is 533. The average Bonchev–Trinajstić information content (AvgIpc) is 2.54. The van der Waals surface area contributed by atoms with Crippen molar-refractivity contribution in [3.63, 3.8) is 0 Å². The van der Waals surface area contributed by atoms with Crippen molar-refractivity contribution in [1.29, 1.82) is 0 Å². The maximum Gasteiger partial charge on any atom is 0.236 e. The van der Waals surface area contributed by atoms with Crippen LogP contribution in [0.3, 0.4) is 0 Å². The monoisotopic (exact) mass is 320 g/mol. The van der Waals surface area contributed by atoms with Crippen LogP contribution < -0.4 is 5.32 Å². The first-order valence-corrected chi connectivity index (χ1v) is 8.20. The quantitative estimate of drug-likeness (QED) is 0.813. The summed E-state index contributed by atoms with van der Waals surface area (Å²) in [6, 6.07) is 6.49. The molecule has 2 unspecified atom stereocenters. The van der Waals surface area contributed by atoms with E-state index in [4.69, 9.17) is 9.47 Å². The van der Waals surface area contributed by atoms with Crippen LogP contribution in [-0.2, 0) is 14.3 Å². The zero-order chi connectivity index (χ0) is 16.8. The fourth-order valence-electron chi connectivity index (χ4n) is 2.87. The Hall–Kier alpha value is -1.43. The van der Waals surface area contributed by atoms with Crippen LogP contribution in [-0.4, -0.2) is 56.8 Å². The highest BCUT2D eigenvalue weighted by atomic mass is 16.5. The predicted molar refractivity (Wildman–Crippen MR) is 90.5 cm³/mol. The molecule has 128 valence electrons. The third kappa shape index (κ3) is 4.77. The van der Waals surface area contributed by atoms with Gasteiger partial charge in [0, 0.05) is 13.7 Å². The highest BCUT2D eigenvalue weighted by molar-refractivity contribution is 5.78. The van der Waals surface area contributed by atoms with Crippen molar-refractivity contribution in [2.75, 3.05) is 40.0 Å². The fraction of sp³-hybridized carbons (Fsp3) is 0.611. The molecule has 23 heavy (non-hydrogen) atoms. The van der Waals surface area contributed by atoms with Gasteiger partial charge in [-0.3, -0.25) is 4.79 Å². The first-order valence-electron chi connectivity index (χ1n) is 8.20. The van der Waals surface area contributed by atoms with E-state index in [-0.39, 0.29) is 18.1 Å². The van der Waals surface area contributed by atoms with Gasteiger partial charge in [-0.25, -0.2) is 0 Å². The molecule has 0 radical (unpaired) electrons. The highest BCUT2D eigenvalue weighted by Crippen LogP contribution is 2.28. The molecule has 2 atom stereocenters. The molecule has 0 bridgehead atoms. The van der Waals surface area contributed by atoms with Crippen molar-refractivity contribution in [2.24, 2.45) is 0 Å². The molecule has 5 nitrogen and oxygen atoms in total. The lowest BCUT2D eigenvalue weighted by Crippen LogP contribution is -2.51. The van der Waals surface area contributed by atoms with Gasteiger partial charge in [0.25, 0.3) is 0 Å². The van der Waals surface area contributed by atoms with Crippen molar-refractivity contribution in [2.45, 2.75) is 32.9 Å². The van der Waals surface area contributed by atoms with Crippen LogP contribution in [0.15, 0.2) is 18.2 Å². The van der Waals surface area contributed by atoms with Crippen LogP contribution in [0.1, 0.15) is 29.7 Å². The molecule has 2 rings (SSSR count). The summed E-state index contributed by atoms with van der Waals surface area (Å²) in [7, 11) is 1.66. The van der Waals surface area contributed by atoms with E-state index >= 15 is 0 Å². The number of carbonyl (C=O) groups excluding carboxylic acids is 1. The second kappa shape index (κ2) is 8.43. The summed E-state index contributed by atoms with van der Waals surface area (Å²) in [4.78, 5) is 14.4. The summed E-state index contributed by atoms with van der Waals surface area (Å²) in [5, 5.41) is 3.12. The lowest BCUT2D eigenvalue weighted by atomic mass is 9.99. The molecule has 1 amide bonds. The van der Waals surface area contributed by atoms with Gasteiger partial charge in [0.2, 0.25) is 5.91 Å². The Labute approximate surface area is 139 Å². The number of amides is 1. The van der Waals surface area contributed by atoms with Crippen molar-refractivity contribution in [1.82, 2.24) is 10.2 Å². The largest absolute Gasteiger partial charge is 0.383 e. The molecule has 1 N–H and O–H groups in total. The molecule has 1 aromatic carbocycles. The lowest BCUT2D eigenvalue weighted by molar-refractivity contribution is -0.143.